The third-order valence-electron chi connectivity index (χ3n) is 2.73. The van der Waals surface area contributed by atoms with E-state index in [9.17, 15) is 0 Å². The molecule has 1 nitrogen and oxygen atoms in total. The summed E-state index contributed by atoms with van der Waals surface area (Å²) in [4.78, 5) is 4.51. The van der Waals surface area contributed by atoms with Crippen LogP contribution in [0.5, 0.6) is 0 Å². The smallest absolute Gasteiger partial charge is 0.0467 e. The standard InChI is InChI=1S/C11H21N/c1-10-6-4-5-7-11(2,3)8-9-12-10/h9-10H,4-8H2,1-3H3/t10-/m1/s1. The van der Waals surface area contributed by atoms with E-state index in [0.717, 1.165) is 6.42 Å². The van der Waals surface area contributed by atoms with Crippen molar-refractivity contribution in [2.24, 2.45) is 10.4 Å². The molecule has 0 aromatic rings. The van der Waals surface area contributed by atoms with Crippen LogP contribution in [0.4, 0.5) is 0 Å². The maximum absolute atomic E-state index is 4.51. The van der Waals surface area contributed by atoms with Crippen molar-refractivity contribution in [2.45, 2.75) is 58.9 Å². The quantitative estimate of drug-likeness (QED) is 0.524. The first-order valence-electron chi connectivity index (χ1n) is 5.12. The number of hydrogen-bond donors (Lipinski definition) is 0. The van der Waals surface area contributed by atoms with Gasteiger partial charge in [0.15, 0.2) is 0 Å². The van der Waals surface area contributed by atoms with E-state index >= 15 is 0 Å². The minimum absolute atomic E-state index is 0.480. The lowest BCUT2D eigenvalue weighted by atomic mass is 9.84. The Morgan fingerprint density at radius 2 is 2.08 bits per heavy atom. The van der Waals surface area contributed by atoms with Gasteiger partial charge in [-0.25, -0.2) is 0 Å². The Labute approximate surface area is 76.3 Å². The second-order valence-electron chi connectivity index (χ2n) is 4.79. The highest BCUT2D eigenvalue weighted by atomic mass is 14.8. The van der Waals surface area contributed by atoms with E-state index < -0.39 is 0 Å². The largest absolute Gasteiger partial charge is 0.294 e. The summed E-state index contributed by atoms with van der Waals surface area (Å²) in [6.45, 7) is 6.90. The average molecular weight is 167 g/mol. The molecule has 0 aromatic carbocycles. The molecule has 0 aliphatic carbocycles. The Kier molecular flexibility index (Phi) is 3.30. The van der Waals surface area contributed by atoms with Gasteiger partial charge in [-0.2, -0.15) is 0 Å². The summed E-state index contributed by atoms with van der Waals surface area (Å²) >= 11 is 0. The van der Waals surface area contributed by atoms with Gasteiger partial charge in [-0.3, -0.25) is 4.99 Å². The maximum atomic E-state index is 4.51. The Morgan fingerprint density at radius 1 is 1.33 bits per heavy atom. The lowest BCUT2D eigenvalue weighted by Crippen LogP contribution is -2.11. The number of rotatable bonds is 0. The molecule has 1 atom stereocenters. The zero-order valence-electron chi connectivity index (χ0n) is 8.64. The Balaban J connectivity index is 2.51. The highest BCUT2D eigenvalue weighted by Gasteiger charge is 2.17. The zero-order valence-corrected chi connectivity index (χ0v) is 8.64. The molecule has 0 saturated heterocycles. The average Bonchev–Trinajstić information content (AvgIpc) is 2.02. The summed E-state index contributed by atoms with van der Waals surface area (Å²) < 4.78 is 0. The fourth-order valence-corrected chi connectivity index (χ4v) is 1.70. The van der Waals surface area contributed by atoms with Crippen LogP contribution in [0.15, 0.2) is 4.99 Å². The van der Waals surface area contributed by atoms with Crippen LogP contribution in [-0.2, 0) is 0 Å². The van der Waals surface area contributed by atoms with Crippen molar-refractivity contribution in [3.8, 4) is 0 Å². The van der Waals surface area contributed by atoms with E-state index in [4.69, 9.17) is 0 Å². The van der Waals surface area contributed by atoms with Gasteiger partial charge in [-0.15, -0.1) is 0 Å². The first-order valence-corrected chi connectivity index (χ1v) is 5.12. The van der Waals surface area contributed by atoms with Crippen molar-refractivity contribution in [3.63, 3.8) is 0 Å². The molecule has 1 heteroatoms. The van der Waals surface area contributed by atoms with Crippen molar-refractivity contribution < 1.29 is 0 Å². The minimum atomic E-state index is 0.480. The van der Waals surface area contributed by atoms with Crippen LogP contribution in [0.3, 0.4) is 0 Å². The zero-order chi connectivity index (χ0) is 9.03. The van der Waals surface area contributed by atoms with Crippen LogP contribution in [0.1, 0.15) is 52.9 Å². The predicted octanol–water partition coefficient (Wildman–Crippen LogP) is 3.44. The summed E-state index contributed by atoms with van der Waals surface area (Å²) in [5.74, 6) is 0. The molecule has 1 aliphatic heterocycles. The molecule has 0 fully saturated rings. The molecule has 0 saturated carbocycles. The highest BCUT2D eigenvalue weighted by molar-refractivity contribution is 5.58. The fraction of sp³-hybridized carbons (Fsp3) is 0.909. The highest BCUT2D eigenvalue weighted by Crippen LogP contribution is 2.28. The molecule has 0 unspecified atom stereocenters. The first kappa shape index (κ1) is 9.76. The fourth-order valence-electron chi connectivity index (χ4n) is 1.70. The molecule has 1 rings (SSSR count). The number of nitrogens with zero attached hydrogens (tertiary/aromatic N) is 1. The molecule has 70 valence electrons. The van der Waals surface area contributed by atoms with Gasteiger partial charge >= 0.3 is 0 Å². The Bertz CT molecular complexity index is 158. The lowest BCUT2D eigenvalue weighted by Gasteiger charge is -2.21. The van der Waals surface area contributed by atoms with Crippen molar-refractivity contribution in [1.82, 2.24) is 0 Å². The van der Waals surface area contributed by atoms with Crippen LogP contribution in [0.2, 0.25) is 0 Å². The van der Waals surface area contributed by atoms with E-state index in [-0.39, 0.29) is 0 Å². The van der Waals surface area contributed by atoms with E-state index in [1.165, 1.54) is 25.7 Å². The molecule has 12 heavy (non-hydrogen) atoms. The maximum Gasteiger partial charge on any atom is 0.0467 e. The predicted molar refractivity (Wildman–Crippen MR) is 54.8 cm³/mol. The molecule has 0 amide bonds. The van der Waals surface area contributed by atoms with Crippen LogP contribution in [0, 0.1) is 5.41 Å². The molecule has 0 aromatic heterocycles. The summed E-state index contributed by atoms with van der Waals surface area (Å²) in [5.41, 5.74) is 0.480. The van der Waals surface area contributed by atoms with Crippen molar-refractivity contribution in [1.29, 1.82) is 0 Å². The SMILES string of the molecule is C[C@@H]1CCCCC(C)(C)CC=N1. The third-order valence-corrected chi connectivity index (χ3v) is 2.73. The summed E-state index contributed by atoms with van der Waals surface area (Å²) in [5, 5.41) is 0. The second-order valence-corrected chi connectivity index (χ2v) is 4.79. The second kappa shape index (κ2) is 4.06. The molecular formula is C11H21N. The first-order chi connectivity index (χ1) is 5.60. The van der Waals surface area contributed by atoms with Crippen molar-refractivity contribution >= 4 is 6.21 Å². The molecule has 0 radical (unpaired) electrons. The van der Waals surface area contributed by atoms with Crippen LogP contribution < -0.4 is 0 Å². The normalized spacial score (nSPS) is 30.4. The van der Waals surface area contributed by atoms with Gasteiger partial charge in [0.25, 0.3) is 0 Å². The molecule has 1 aliphatic rings. The van der Waals surface area contributed by atoms with E-state index in [1.54, 1.807) is 0 Å². The van der Waals surface area contributed by atoms with Crippen molar-refractivity contribution in [3.05, 3.63) is 0 Å². The van der Waals surface area contributed by atoms with E-state index in [1.807, 2.05) is 0 Å². The van der Waals surface area contributed by atoms with Gasteiger partial charge < -0.3 is 0 Å². The van der Waals surface area contributed by atoms with Gasteiger partial charge in [-0.05, 0) is 37.8 Å². The minimum Gasteiger partial charge on any atom is -0.294 e. The summed E-state index contributed by atoms with van der Waals surface area (Å²) in [6.07, 6.45) is 8.63. The Morgan fingerprint density at radius 3 is 2.83 bits per heavy atom. The van der Waals surface area contributed by atoms with Crippen LogP contribution in [-0.4, -0.2) is 12.3 Å². The molecule has 1 heterocycles. The van der Waals surface area contributed by atoms with Gasteiger partial charge in [0.1, 0.15) is 0 Å². The van der Waals surface area contributed by atoms with Gasteiger partial charge in [-0.1, -0.05) is 26.7 Å². The molecule has 0 bridgehead atoms. The molecular weight excluding hydrogens is 146 g/mol. The molecule has 0 spiro atoms. The lowest BCUT2D eigenvalue weighted by molar-refractivity contribution is 0.338. The molecule has 0 N–H and O–H groups in total. The number of aliphatic imine (C=N–C) groups is 1. The Hall–Kier alpha value is -0.330. The monoisotopic (exact) mass is 167 g/mol. The van der Waals surface area contributed by atoms with Crippen molar-refractivity contribution in [2.75, 3.05) is 0 Å². The summed E-state index contributed by atoms with van der Waals surface area (Å²) in [7, 11) is 0. The van der Waals surface area contributed by atoms with Gasteiger partial charge in [0.05, 0.1) is 0 Å². The van der Waals surface area contributed by atoms with Gasteiger partial charge in [0, 0.05) is 6.04 Å². The van der Waals surface area contributed by atoms with E-state index in [2.05, 4.69) is 32.0 Å². The third kappa shape index (κ3) is 3.38. The van der Waals surface area contributed by atoms with Gasteiger partial charge in [0.2, 0.25) is 0 Å². The van der Waals surface area contributed by atoms with Crippen LogP contribution in [0.25, 0.3) is 0 Å². The summed E-state index contributed by atoms with van der Waals surface area (Å²) in [6, 6.07) is 0.555. The van der Waals surface area contributed by atoms with Crippen LogP contribution >= 0.6 is 0 Å². The number of hydrogen-bond acceptors (Lipinski definition) is 1. The topological polar surface area (TPSA) is 12.4 Å². The van der Waals surface area contributed by atoms with E-state index in [0.29, 0.717) is 11.5 Å².